The molecule has 0 aliphatic carbocycles. The molecule has 0 bridgehead atoms. The van der Waals surface area contributed by atoms with Crippen LogP contribution in [0.2, 0.25) is 0 Å². The minimum Gasteiger partial charge on any atom is -0.254 e. The van der Waals surface area contributed by atoms with Gasteiger partial charge in [0.1, 0.15) is 0 Å². The molecule has 0 saturated carbocycles. The molecule has 2 aromatic heterocycles. The van der Waals surface area contributed by atoms with Crippen LogP contribution in [0.3, 0.4) is 0 Å². The molecule has 0 aromatic carbocycles. The molecule has 1 radical (unpaired) electrons. The lowest BCUT2D eigenvalue weighted by Crippen LogP contribution is -1.79. The lowest BCUT2D eigenvalue weighted by molar-refractivity contribution is 1.28. The van der Waals surface area contributed by atoms with E-state index in [1.807, 2.05) is 17.5 Å². The first-order valence-corrected chi connectivity index (χ1v) is 4.12. The SMILES string of the molecule is [c]1ccc(-c2cscn2)nc1. The Morgan fingerprint density at radius 1 is 1.27 bits per heavy atom. The molecule has 0 aliphatic rings. The monoisotopic (exact) mass is 161 g/mol. The topological polar surface area (TPSA) is 25.8 Å². The minimum absolute atomic E-state index is 0.907. The first-order chi connectivity index (χ1) is 5.47. The van der Waals surface area contributed by atoms with E-state index >= 15 is 0 Å². The molecule has 0 saturated heterocycles. The average molecular weight is 161 g/mol. The molecular weight excluding hydrogens is 156 g/mol. The van der Waals surface area contributed by atoms with Crippen LogP contribution in [0, 0.1) is 6.07 Å². The molecule has 0 aliphatic heterocycles. The fourth-order valence-electron chi connectivity index (χ4n) is 0.810. The highest BCUT2D eigenvalue weighted by Crippen LogP contribution is 2.14. The van der Waals surface area contributed by atoms with Crippen molar-refractivity contribution in [3.05, 3.63) is 35.3 Å². The largest absolute Gasteiger partial charge is 0.254 e. The summed E-state index contributed by atoms with van der Waals surface area (Å²) in [6, 6.07) is 6.59. The summed E-state index contributed by atoms with van der Waals surface area (Å²) in [7, 11) is 0. The Hall–Kier alpha value is -1.22. The van der Waals surface area contributed by atoms with Crippen LogP contribution in [0.5, 0.6) is 0 Å². The second-order valence-electron chi connectivity index (χ2n) is 2.02. The summed E-state index contributed by atoms with van der Waals surface area (Å²) in [4.78, 5) is 8.24. The number of thiazole rings is 1. The Morgan fingerprint density at radius 2 is 2.27 bits per heavy atom. The Balaban J connectivity index is 2.46. The van der Waals surface area contributed by atoms with Gasteiger partial charge in [0.25, 0.3) is 0 Å². The van der Waals surface area contributed by atoms with Gasteiger partial charge in [-0.1, -0.05) is 6.07 Å². The van der Waals surface area contributed by atoms with Gasteiger partial charge in [-0.25, -0.2) is 4.98 Å². The zero-order valence-corrected chi connectivity index (χ0v) is 6.51. The van der Waals surface area contributed by atoms with Gasteiger partial charge in [0, 0.05) is 17.6 Å². The third kappa shape index (κ3) is 1.28. The summed E-state index contributed by atoms with van der Waals surface area (Å²) in [6.45, 7) is 0. The number of aromatic nitrogens is 2. The van der Waals surface area contributed by atoms with Crippen LogP contribution >= 0.6 is 11.3 Å². The normalized spacial score (nSPS) is 9.82. The summed E-state index contributed by atoms with van der Waals surface area (Å²) >= 11 is 1.57. The van der Waals surface area contributed by atoms with Gasteiger partial charge in [-0.15, -0.1) is 11.3 Å². The van der Waals surface area contributed by atoms with Crippen molar-refractivity contribution in [2.24, 2.45) is 0 Å². The lowest BCUT2D eigenvalue weighted by Gasteiger charge is -1.90. The molecule has 2 aromatic rings. The molecule has 2 rings (SSSR count). The summed E-state index contributed by atoms with van der Waals surface area (Å²) in [6.07, 6.45) is 1.65. The summed E-state index contributed by atoms with van der Waals surface area (Å²) in [5.74, 6) is 0. The molecule has 53 valence electrons. The van der Waals surface area contributed by atoms with Gasteiger partial charge in [0.2, 0.25) is 0 Å². The number of hydrogen-bond donors (Lipinski definition) is 0. The van der Waals surface area contributed by atoms with Gasteiger partial charge in [-0.3, -0.25) is 4.98 Å². The molecule has 0 spiro atoms. The lowest BCUT2D eigenvalue weighted by atomic mass is 10.3. The maximum Gasteiger partial charge on any atom is 0.0995 e. The van der Waals surface area contributed by atoms with E-state index in [1.165, 1.54) is 0 Å². The van der Waals surface area contributed by atoms with E-state index in [1.54, 1.807) is 23.0 Å². The van der Waals surface area contributed by atoms with E-state index in [0.29, 0.717) is 0 Å². The highest BCUT2D eigenvalue weighted by Gasteiger charge is 1.97. The van der Waals surface area contributed by atoms with Crippen LogP contribution in [0.15, 0.2) is 29.2 Å². The maximum atomic E-state index is 4.13. The predicted molar refractivity (Wildman–Crippen MR) is 44.2 cm³/mol. The first-order valence-electron chi connectivity index (χ1n) is 3.17. The zero-order valence-electron chi connectivity index (χ0n) is 5.69. The zero-order chi connectivity index (χ0) is 7.52. The van der Waals surface area contributed by atoms with Crippen LogP contribution < -0.4 is 0 Å². The number of nitrogens with zero attached hydrogens (tertiary/aromatic N) is 2. The molecular formula is C8H5N2S. The van der Waals surface area contributed by atoms with Crippen LogP contribution in [0.25, 0.3) is 11.4 Å². The van der Waals surface area contributed by atoms with E-state index in [9.17, 15) is 0 Å². The van der Waals surface area contributed by atoms with Crippen LogP contribution in [0.1, 0.15) is 0 Å². The Morgan fingerprint density at radius 3 is 2.91 bits per heavy atom. The minimum atomic E-state index is 0.907. The van der Waals surface area contributed by atoms with Crippen molar-refractivity contribution in [1.82, 2.24) is 9.97 Å². The molecule has 2 heterocycles. The van der Waals surface area contributed by atoms with Gasteiger partial charge in [-0.2, -0.15) is 0 Å². The molecule has 0 fully saturated rings. The highest BCUT2D eigenvalue weighted by atomic mass is 32.1. The third-order valence-electron chi connectivity index (χ3n) is 1.31. The summed E-state index contributed by atoms with van der Waals surface area (Å²) in [5, 5.41) is 1.97. The number of hydrogen-bond acceptors (Lipinski definition) is 3. The summed E-state index contributed by atoms with van der Waals surface area (Å²) in [5.41, 5.74) is 3.64. The Bertz CT molecular complexity index is 315. The van der Waals surface area contributed by atoms with Crippen LogP contribution in [-0.4, -0.2) is 9.97 Å². The molecule has 3 heteroatoms. The van der Waals surface area contributed by atoms with Gasteiger partial charge in [0.15, 0.2) is 0 Å². The van der Waals surface area contributed by atoms with Crippen LogP contribution in [-0.2, 0) is 0 Å². The molecule has 0 N–H and O–H groups in total. The van der Waals surface area contributed by atoms with Crippen molar-refractivity contribution < 1.29 is 0 Å². The number of pyridine rings is 1. The fourth-order valence-corrected chi connectivity index (χ4v) is 1.36. The van der Waals surface area contributed by atoms with Gasteiger partial charge >= 0.3 is 0 Å². The van der Waals surface area contributed by atoms with Crippen molar-refractivity contribution >= 4 is 11.3 Å². The second-order valence-corrected chi connectivity index (χ2v) is 2.74. The van der Waals surface area contributed by atoms with Crippen molar-refractivity contribution in [2.75, 3.05) is 0 Å². The first kappa shape index (κ1) is 6.49. The van der Waals surface area contributed by atoms with E-state index in [-0.39, 0.29) is 0 Å². The van der Waals surface area contributed by atoms with Crippen molar-refractivity contribution in [2.45, 2.75) is 0 Å². The van der Waals surface area contributed by atoms with Crippen molar-refractivity contribution in [3.8, 4) is 11.4 Å². The third-order valence-corrected chi connectivity index (χ3v) is 1.90. The van der Waals surface area contributed by atoms with E-state index in [4.69, 9.17) is 0 Å². The fraction of sp³-hybridized carbons (Fsp3) is 0. The summed E-state index contributed by atoms with van der Waals surface area (Å²) < 4.78 is 0. The predicted octanol–water partition coefficient (Wildman–Crippen LogP) is 2.01. The average Bonchev–Trinajstić information content (AvgIpc) is 2.58. The smallest absolute Gasteiger partial charge is 0.0995 e. The number of rotatable bonds is 1. The molecule has 0 atom stereocenters. The Kier molecular flexibility index (Phi) is 1.65. The van der Waals surface area contributed by atoms with Gasteiger partial charge < -0.3 is 0 Å². The second kappa shape index (κ2) is 2.80. The molecule has 11 heavy (non-hydrogen) atoms. The molecule has 0 amide bonds. The quantitative estimate of drug-likeness (QED) is 0.639. The molecule has 0 unspecified atom stereocenters. The van der Waals surface area contributed by atoms with Crippen molar-refractivity contribution in [3.63, 3.8) is 0 Å². The van der Waals surface area contributed by atoms with Gasteiger partial charge in [0.05, 0.1) is 16.9 Å². The molecule has 2 nitrogen and oxygen atoms in total. The highest BCUT2D eigenvalue weighted by molar-refractivity contribution is 7.07. The van der Waals surface area contributed by atoms with E-state index < -0.39 is 0 Å². The van der Waals surface area contributed by atoms with E-state index in [2.05, 4.69) is 16.0 Å². The van der Waals surface area contributed by atoms with Crippen LogP contribution in [0.4, 0.5) is 0 Å². The van der Waals surface area contributed by atoms with Crippen molar-refractivity contribution in [1.29, 1.82) is 0 Å². The standard InChI is InChI=1S/C8H5N2S/c1-2-4-9-7(3-1)8-5-11-6-10-8/h1,3-6H. The van der Waals surface area contributed by atoms with Gasteiger partial charge in [-0.05, 0) is 6.07 Å². The van der Waals surface area contributed by atoms with E-state index in [0.717, 1.165) is 11.4 Å². The Labute approximate surface area is 68.6 Å². The maximum absolute atomic E-state index is 4.13.